The van der Waals surface area contributed by atoms with E-state index in [1.165, 1.54) is 0 Å². The molecule has 0 aliphatic heterocycles. The Morgan fingerprint density at radius 3 is 2.43 bits per heavy atom. The highest BCUT2D eigenvalue weighted by Gasteiger charge is 2.31. The van der Waals surface area contributed by atoms with Crippen LogP contribution in [0.15, 0.2) is 43.0 Å². The molecule has 0 aliphatic carbocycles. The van der Waals surface area contributed by atoms with Crippen molar-refractivity contribution in [1.29, 1.82) is 0 Å². The predicted molar refractivity (Wildman–Crippen MR) is 85.6 cm³/mol. The van der Waals surface area contributed by atoms with Gasteiger partial charge in [-0.2, -0.15) is 0 Å². The van der Waals surface area contributed by atoms with Gasteiger partial charge in [0.05, 0.1) is 0 Å². The molecule has 0 aromatic heterocycles. The maximum absolute atomic E-state index is 12.1. The highest BCUT2D eigenvalue weighted by Crippen LogP contribution is 2.11. The summed E-state index contributed by atoms with van der Waals surface area (Å²) in [5.41, 5.74) is 0.0620. The molecule has 0 radical (unpaired) electrons. The fourth-order valence-corrected chi connectivity index (χ4v) is 1.68. The van der Waals surface area contributed by atoms with Crippen molar-refractivity contribution in [3.8, 4) is 0 Å². The Morgan fingerprint density at radius 2 is 1.91 bits per heavy atom. The van der Waals surface area contributed by atoms with Crippen molar-refractivity contribution >= 4 is 12.1 Å². The smallest absolute Gasteiger partial charge is 0.408 e. The van der Waals surface area contributed by atoms with Gasteiger partial charge in [0.2, 0.25) is 0 Å². The van der Waals surface area contributed by atoms with Gasteiger partial charge in [0, 0.05) is 0 Å². The zero-order chi connectivity index (χ0) is 17.5. The summed E-state index contributed by atoms with van der Waals surface area (Å²) in [6, 6.07) is 7.81. The van der Waals surface area contributed by atoms with E-state index in [9.17, 15) is 14.7 Å². The van der Waals surface area contributed by atoms with E-state index in [1.807, 2.05) is 18.2 Å². The number of hydrogen-bond acceptors (Lipinski definition) is 5. The number of carbonyl (C=O) groups excluding carboxylic acids is 2. The van der Waals surface area contributed by atoms with E-state index in [2.05, 4.69) is 11.9 Å². The normalized spacial score (nSPS) is 13.6. The minimum absolute atomic E-state index is 0.0535. The molecular formula is C17H23NO5. The first-order valence-electron chi connectivity index (χ1n) is 7.23. The summed E-state index contributed by atoms with van der Waals surface area (Å²) in [7, 11) is 0. The maximum atomic E-state index is 12.1. The van der Waals surface area contributed by atoms with Crippen LogP contribution in [0.25, 0.3) is 0 Å². The molecule has 0 saturated carbocycles. The van der Waals surface area contributed by atoms with E-state index in [0.717, 1.165) is 11.6 Å². The number of amides is 1. The van der Waals surface area contributed by atoms with Crippen LogP contribution in [0.4, 0.5) is 4.79 Å². The molecule has 0 aliphatic rings. The molecule has 2 N–H and O–H groups in total. The summed E-state index contributed by atoms with van der Waals surface area (Å²) in [5.74, 6) is -0.762. The molecule has 2 unspecified atom stereocenters. The molecule has 1 aromatic rings. The van der Waals surface area contributed by atoms with Crippen LogP contribution >= 0.6 is 0 Å². The predicted octanol–water partition coefficient (Wildman–Crippen LogP) is 2.17. The molecule has 0 spiro atoms. The molecule has 6 nitrogen and oxygen atoms in total. The topological polar surface area (TPSA) is 84.9 Å². The van der Waals surface area contributed by atoms with Crippen LogP contribution in [-0.4, -0.2) is 34.9 Å². The second-order valence-corrected chi connectivity index (χ2v) is 5.94. The zero-order valence-electron chi connectivity index (χ0n) is 13.6. The zero-order valence-corrected chi connectivity index (χ0v) is 13.6. The van der Waals surface area contributed by atoms with E-state index in [-0.39, 0.29) is 6.61 Å². The van der Waals surface area contributed by atoms with Crippen LogP contribution in [-0.2, 0) is 20.9 Å². The van der Waals surface area contributed by atoms with Crippen molar-refractivity contribution < 1.29 is 24.2 Å². The third-order valence-corrected chi connectivity index (χ3v) is 2.73. The van der Waals surface area contributed by atoms with Gasteiger partial charge >= 0.3 is 12.1 Å². The second kappa shape index (κ2) is 8.33. The van der Waals surface area contributed by atoms with Crippen LogP contribution in [0.2, 0.25) is 0 Å². The Labute approximate surface area is 136 Å². The van der Waals surface area contributed by atoms with Gasteiger partial charge in [-0.3, -0.25) is 0 Å². The standard InChI is InChI=1S/C17H23NO5/c1-5-13(19)14(15(20)23-17(2,3)4)18-16(21)22-11-12-9-7-6-8-10-12/h5-10,13-14,19H,1,11H2,2-4H3,(H,18,21). The molecule has 0 saturated heterocycles. The number of benzene rings is 1. The number of alkyl carbamates (subject to hydrolysis) is 1. The third kappa shape index (κ3) is 6.97. The molecule has 126 valence electrons. The lowest BCUT2D eigenvalue weighted by Crippen LogP contribution is -2.50. The summed E-state index contributed by atoms with van der Waals surface area (Å²) < 4.78 is 10.2. The van der Waals surface area contributed by atoms with Crippen LogP contribution in [0.3, 0.4) is 0 Å². The minimum atomic E-state index is -1.28. The van der Waals surface area contributed by atoms with Gasteiger partial charge in [0.1, 0.15) is 18.3 Å². The number of aliphatic hydroxyl groups is 1. The number of carbonyl (C=O) groups is 2. The molecule has 0 fully saturated rings. The molecule has 6 heteroatoms. The Bertz CT molecular complexity index is 536. The highest BCUT2D eigenvalue weighted by molar-refractivity contribution is 5.82. The summed E-state index contributed by atoms with van der Waals surface area (Å²) >= 11 is 0. The second-order valence-electron chi connectivity index (χ2n) is 5.94. The van der Waals surface area contributed by atoms with Crippen LogP contribution in [0.5, 0.6) is 0 Å². The quantitative estimate of drug-likeness (QED) is 0.619. The average molecular weight is 321 g/mol. The highest BCUT2D eigenvalue weighted by atomic mass is 16.6. The maximum Gasteiger partial charge on any atom is 0.408 e. The summed E-state index contributed by atoms with van der Waals surface area (Å²) in [6.45, 7) is 8.54. The first-order chi connectivity index (χ1) is 10.7. The molecule has 1 rings (SSSR count). The Hall–Kier alpha value is -2.34. The van der Waals surface area contributed by atoms with E-state index >= 15 is 0 Å². The fraction of sp³-hybridized carbons (Fsp3) is 0.412. The number of hydrogen-bond donors (Lipinski definition) is 2. The molecular weight excluding hydrogens is 298 g/mol. The van der Waals surface area contributed by atoms with E-state index < -0.39 is 29.8 Å². The lowest BCUT2D eigenvalue weighted by Gasteiger charge is -2.25. The Balaban J connectivity index is 2.64. The monoisotopic (exact) mass is 321 g/mol. The summed E-state index contributed by atoms with van der Waals surface area (Å²) in [4.78, 5) is 23.9. The van der Waals surface area contributed by atoms with Gasteiger partial charge in [-0.25, -0.2) is 9.59 Å². The number of ether oxygens (including phenoxy) is 2. The third-order valence-electron chi connectivity index (χ3n) is 2.73. The van der Waals surface area contributed by atoms with Gasteiger partial charge in [-0.1, -0.05) is 36.4 Å². The van der Waals surface area contributed by atoms with Gasteiger partial charge in [-0.05, 0) is 26.3 Å². The minimum Gasteiger partial charge on any atom is -0.458 e. The number of esters is 1. The van der Waals surface area contributed by atoms with Gasteiger partial charge in [-0.15, -0.1) is 6.58 Å². The van der Waals surface area contributed by atoms with Crippen molar-refractivity contribution in [1.82, 2.24) is 5.32 Å². The van der Waals surface area contributed by atoms with Crippen molar-refractivity contribution in [3.05, 3.63) is 48.6 Å². The molecule has 0 heterocycles. The SMILES string of the molecule is C=CC(O)C(NC(=O)OCc1ccccc1)C(=O)OC(C)(C)C. The summed E-state index contributed by atoms with van der Waals surface area (Å²) in [5, 5.41) is 12.1. The Morgan fingerprint density at radius 1 is 1.30 bits per heavy atom. The van der Waals surface area contributed by atoms with Gasteiger partial charge in [0.25, 0.3) is 0 Å². The molecule has 1 amide bonds. The number of aliphatic hydroxyl groups excluding tert-OH is 1. The largest absolute Gasteiger partial charge is 0.458 e. The van der Waals surface area contributed by atoms with Crippen molar-refractivity contribution in [2.75, 3.05) is 0 Å². The lowest BCUT2D eigenvalue weighted by atomic mass is 10.1. The lowest BCUT2D eigenvalue weighted by molar-refractivity contribution is -0.159. The fourth-order valence-electron chi connectivity index (χ4n) is 1.68. The number of rotatable bonds is 6. The van der Waals surface area contributed by atoms with Crippen molar-refractivity contribution in [2.45, 2.75) is 45.1 Å². The van der Waals surface area contributed by atoms with E-state index in [0.29, 0.717) is 0 Å². The van der Waals surface area contributed by atoms with Crippen LogP contribution in [0, 0.1) is 0 Å². The first-order valence-corrected chi connectivity index (χ1v) is 7.23. The van der Waals surface area contributed by atoms with Crippen LogP contribution in [0.1, 0.15) is 26.3 Å². The van der Waals surface area contributed by atoms with Crippen molar-refractivity contribution in [3.63, 3.8) is 0 Å². The molecule has 0 bridgehead atoms. The van der Waals surface area contributed by atoms with E-state index in [4.69, 9.17) is 9.47 Å². The van der Waals surface area contributed by atoms with Crippen molar-refractivity contribution in [2.24, 2.45) is 0 Å². The van der Waals surface area contributed by atoms with E-state index in [1.54, 1.807) is 32.9 Å². The average Bonchev–Trinajstić information content (AvgIpc) is 2.49. The van der Waals surface area contributed by atoms with Gasteiger partial charge < -0.3 is 19.9 Å². The van der Waals surface area contributed by atoms with Gasteiger partial charge in [0.15, 0.2) is 6.04 Å². The molecule has 1 aromatic carbocycles. The molecule has 23 heavy (non-hydrogen) atoms. The summed E-state index contributed by atoms with van der Waals surface area (Å²) in [6.07, 6.45) is -0.966. The van der Waals surface area contributed by atoms with Crippen LogP contribution < -0.4 is 5.32 Å². The Kier molecular flexibility index (Phi) is 6.78. The first kappa shape index (κ1) is 18.7. The number of nitrogens with one attached hydrogen (secondary N) is 1. The molecule has 2 atom stereocenters.